The number of H-pyrrole nitrogens is 1. The fraction of sp³-hybridized carbons (Fsp3) is 0.294. The molecule has 1 aromatic carbocycles. The molecule has 2 aromatic rings. The normalized spacial score (nSPS) is 16.7. The monoisotopic (exact) mass is 352 g/mol. The third-order valence-corrected chi connectivity index (χ3v) is 3.97. The van der Waals surface area contributed by atoms with Gasteiger partial charge in [-0.2, -0.15) is 13.2 Å². The molecule has 1 amide bonds. The SMILES string of the molecule is Cc1ccc2c(c1)C(NC(=O)c1ccc(C(F)(F)F)[nH]c1=O)CCO2. The van der Waals surface area contributed by atoms with Gasteiger partial charge in [-0.25, -0.2) is 0 Å². The van der Waals surface area contributed by atoms with E-state index >= 15 is 0 Å². The van der Waals surface area contributed by atoms with Crippen LogP contribution in [0, 0.1) is 6.92 Å². The molecule has 5 nitrogen and oxygen atoms in total. The number of hydrogen-bond donors (Lipinski definition) is 2. The van der Waals surface area contributed by atoms with Gasteiger partial charge in [-0.1, -0.05) is 17.7 Å². The van der Waals surface area contributed by atoms with Gasteiger partial charge in [0.15, 0.2) is 0 Å². The molecule has 2 N–H and O–H groups in total. The number of ether oxygens (including phenoxy) is 1. The molecule has 0 bridgehead atoms. The zero-order valence-corrected chi connectivity index (χ0v) is 13.2. The molecular weight excluding hydrogens is 337 g/mol. The molecule has 0 saturated heterocycles. The second-order valence-corrected chi connectivity index (χ2v) is 5.82. The zero-order valence-electron chi connectivity index (χ0n) is 13.2. The Kier molecular flexibility index (Phi) is 4.28. The molecule has 1 atom stereocenters. The molecule has 3 rings (SSSR count). The molecule has 0 radical (unpaired) electrons. The molecule has 0 fully saturated rings. The summed E-state index contributed by atoms with van der Waals surface area (Å²) in [7, 11) is 0. The summed E-state index contributed by atoms with van der Waals surface area (Å²) in [5.74, 6) is -0.0854. The van der Waals surface area contributed by atoms with Crippen LogP contribution < -0.4 is 15.6 Å². The maximum absolute atomic E-state index is 12.6. The van der Waals surface area contributed by atoms with Gasteiger partial charge in [-0.15, -0.1) is 0 Å². The fourth-order valence-electron chi connectivity index (χ4n) is 2.72. The number of amides is 1. The number of pyridine rings is 1. The Hall–Kier alpha value is -2.77. The number of carbonyl (C=O) groups excluding carboxylic acids is 1. The third kappa shape index (κ3) is 3.52. The lowest BCUT2D eigenvalue weighted by atomic mass is 9.98. The summed E-state index contributed by atoms with van der Waals surface area (Å²) in [6.45, 7) is 2.29. The molecule has 132 valence electrons. The Morgan fingerprint density at radius 1 is 1.28 bits per heavy atom. The van der Waals surface area contributed by atoms with E-state index in [2.05, 4.69) is 5.32 Å². The van der Waals surface area contributed by atoms with E-state index in [4.69, 9.17) is 4.74 Å². The molecule has 1 unspecified atom stereocenters. The van der Waals surface area contributed by atoms with Crippen molar-refractivity contribution in [2.75, 3.05) is 6.61 Å². The molecule has 1 aromatic heterocycles. The van der Waals surface area contributed by atoms with Crippen molar-refractivity contribution in [3.63, 3.8) is 0 Å². The number of fused-ring (bicyclic) bond motifs is 1. The van der Waals surface area contributed by atoms with Crippen LogP contribution in [-0.2, 0) is 6.18 Å². The minimum atomic E-state index is -4.68. The van der Waals surface area contributed by atoms with Gasteiger partial charge in [0.2, 0.25) is 0 Å². The van der Waals surface area contributed by atoms with Gasteiger partial charge in [-0.05, 0) is 25.1 Å². The van der Waals surface area contributed by atoms with Gasteiger partial charge < -0.3 is 15.0 Å². The van der Waals surface area contributed by atoms with Crippen molar-refractivity contribution in [2.45, 2.75) is 25.6 Å². The van der Waals surface area contributed by atoms with E-state index in [0.29, 0.717) is 24.8 Å². The maximum Gasteiger partial charge on any atom is 0.431 e. The van der Waals surface area contributed by atoms with Crippen molar-refractivity contribution < 1.29 is 22.7 Å². The summed E-state index contributed by atoms with van der Waals surface area (Å²) in [5.41, 5.74) is -0.877. The number of nitrogens with one attached hydrogen (secondary N) is 2. The Labute approximate surface area is 140 Å². The molecular formula is C17H15F3N2O3. The first kappa shape index (κ1) is 17.1. The van der Waals surface area contributed by atoms with Gasteiger partial charge in [-0.3, -0.25) is 9.59 Å². The quantitative estimate of drug-likeness (QED) is 0.873. The van der Waals surface area contributed by atoms with Gasteiger partial charge in [0, 0.05) is 12.0 Å². The summed E-state index contributed by atoms with van der Waals surface area (Å²) < 4.78 is 43.3. The van der Waals surface area contributed by atoms with Gasteiger partial charge >= 0.3 is 6.18 Å². The summed E-state index contributed by atoms with van der Waals surface area (Å²) in [6, 6.07) is 6.73. The van der Waals surface area contributed by atoms with Crippen LogP contribution in [0.1, 0.15) is 39.6 Å². The minimum absolute atomic E-state index is 0.367. The van der Waals surface area contributed by atoms with Crippen LogP contribution in [0.4, 0.5) is 13.2 Å². The first-order valence-electron chi connectivity index (χ1n) is 7.60. The van der Waals surface area contributed by atoms with Crippen LogP contribution in [0.3, 0.4) is 0 Å². The van der Waals surface area contributed by atoms with E-state index in [1.54, 1.807) is 11.1 Å². The lowest BCUT2D eigenvalue weighted by Gasteiger charge is -2.27. The van der Waals surface area contributed by atoms with E-state index in [0.717, 1.165) is 17.2 Å². The Bertz CT molecular complexity index is 874. The number of halogens is 3. The standard InChI is InChI=1S/C17H15F3N2O3/c1-9-2-4-13-11(8-9)12(6-7-25-13)21-15(23)10-3-5-14(17(18,19)20)22-16(10)24/h2-5,8,12H,6-7H2,1H3,(H,21,23)(H,22,24). The summed E-state index contributed by atoms with van der Waals surface area (Å²) >= 11 is 0. The lowest BCUT2D eigenvalue weighted by molar-refractivity contribution is -0.141. The highest BCUT2D eigenvalue weighted by molar-refractivity contribution is 5.94. The minimum Gasteiger partial charge on any atom is -0.493 e. The van der Waals surface area contributed by atoms with Crippen LogP contribution in [-0.4, -0.2) is 17.5 Å². The third-order valence-electron chi connectivity index (χ3n) is 3.97. The Morgan fingerprint density at radius 2 is 2.04 bits per heavy atom. The molecule has 0 spiro atoms. The molecule has 0 aliphatic carbocycles. The molecule has 1 aliphatic heterocycles. The van der Waals surface area contributed by atoms with Gasteiger partial charge in [0.05, 0.1) is 12.6 Å². The number of carbonyl (C=O) groups is 1. The maximum atomic E-state index is 12.6. The molecule has 2 heterocycles. The first-order chi connectivity index (χ1) is 11.8. The smallest absolute Gasteiger partial charge is 0.431 e. The summed E-state index contributed by atoms with van der Waals surface area (Å²) in [4.78, 5) is 25.9. The van der Waals surface area contributed by atoms with Crippen LogP contribution in [0.5, 0.6) is 5.75 Å². The molecule has 25 heavy (non-hydrogen) atoms. The van der Waals surface area contributed by atoms with Crippen LogP contribution in [0.15, 0.2) is 35.1 Å². The van der Waals surface area contributed by atoms with Gasteiger partial charge in [0.25, 0.3) is 11.5 Å². The highest BCUT2D eigenvalue weighted by Crippen LogP contribution is 2.33. The van der Waals surface area contributed by atoms with Crippen LogP contribution in [0.2, 0.25) is 0 Å². The number of aromatic amines is 1. The Balaban J connectivity index is 1.85. The first-order valence-corrected chi connectivity index (χ1v) is 7.60. The van der Waals surface area contributed by atoms with E-state index in [9.17, 15) is 22.8 Å². The van der Waals surface area contributed by atoms with E-state index in [-0.39, 0.29) is 11.6 Å². The average molecular weight is 352 g/mol. The summed E-state index contributed by atoms with van der Waals surface area (Å²) in [5, 5.41) is 2.70. The van der Waals surface area contributed by atoms with Crippen molar-refractivity contribution in [3.05, 3.63) is 63.1 Å². The van der Waals surface area contributed by atoms with Crippen molar-refractivity contribution in [1.82, 2.24) is 10.3 Å². The van der Waals surface area contributed by atoms with Gasteiger partial charge in [0.1, 0.15) is 17.0 Å². The van der Waals surface area contributed by atoms with E-state index in [1.807, 2.05) is 19.1 Å². The lowest BCUT2D eigenvalue weighted by Crippen LogP contribution is -2.35. The number of benzene rings is 1. The van der Waals surface area contributed by atoms with E-state index < -0.39 is 23.3 Å². The van der Waals surface area contributed by atoms with Crippen molar-refractivity contribution in [3.8, 4) is 5.75 Å². The van der Waals surface area contributed by atoms with Crippen molar-refractivity contribution in [1.29, 1.82) is 0 Å². The van der Waals surface area contributed by atoms with Crippen molar-refractivity contribution in [2.24, 2.45) is 0 Å². The van der Waals surface area contributed by atoms with Crippen LogP contribution in [0.25, 0.3) is 0 Å². The topological polar surface area (TPSA) is 71.2 Å². The predicted molar refractivity (Wildman–Crippen MR) is 83.6 cm³/mol. The van der Waals surface area contributed by atoms with Crippen LogP contribution >= 0.6 is 0 Å². The number of hydrogen-bond acceptors (Lipinski definition) is 3. The van der Waals surface area contributed by atoms with E-state index in [1.165, 1.54) is 0 Å². The highest BCUT2D eigenvalue weighted by atomic mass is 19.4. The molecule has 8 heteroatoms. The number of rotatable bonds is 2. The van der Waals surface area contributed by atoms with Crippen molar-refractivity contribution >= 4 is 5.91 Å². The number of aryl methyl sites for hydroxylation is 1. The number of alkyl halides is 3. The molecule has 0 saturated carbocycles. The second kappa shape index (κ2) is 6.27. The molecule has 1 aliphatic rings. The predicted octanol–water partition coefficient (Wildman–Crippen LogP) is 2.96. The highest BCUT2D eigenvalue weighted by Gasteiger charge is 2.32. The largest absolute Gasteiger partial charge is 0.493 e. The second-order valence-electron chi connectivity index (χ2n) is 5.82. The Morgan fingerprint density at radius 3 is 2.72 bits per heavy atom. The summed E-state index contributed by atoms with van der Waals surface area (Å²) in [6.07, 6.45) is -4.17. The fourth-order valence-corrected chi connectivity index (χ4v) is 2.72. The average Bonchev–Trinajstić information content (AvgIpc) is 2.54. The number of aromatic nitrogens is 1. The zero-order chi connectivity index (χ0) is 18.2.